The molecule has 25 nitrogen and oxygen atoms in total. The Labute approximate surface area is 484 Å². The minimum atomic E-state index is -1.34. The van der Waals surface area contributed by atoms with Gasteiger partial charge in [-0.15, -0.1) is 0 Å². The highest BCUT2D eigenvalue weighted by molar-refractivity contribution is 5.87. The Morgan fingerprint density at radius 3 is 1.41 bits per heavy atom. The van der Waals surface area contributed by atoms with E-state index in [4.69, 9.17) is 29.2 Å². The van der Waals surface area contributed by atoms with Gasteiger partial charge in [-0.25, -0.2) is 9.59 Å². The molecule has 10 N–H and O–H groups in total. The van der Waals surface area contributed by atoms with E-state index in [1.54, 1.807) is 14.0 Å². The van der Waals surface area contributed by atoms with Gasteiger partial charge >= 0.3 is 23.9 Å². The fourth-order valence-corrected chi connectivity index (χ4v) is 8.18. The second kappa shape index (κ2) is 54.8. The van der Waals surface area contributed by atoms with Crippen LogP contribution < -0.4 is 26.6 Å². The molecule has 0 aromatic heterocycles. The van der Waals surface area contributed by atoms with E-state index in [9.17, 15) is 68.1 Å². The fourth-order valence-electron chi connectivity index (χ4n) is 8.18. The number of Topliss-reactive ketones (excluding diaryl/α,β-unsaturated/α-hetero) is 3. The van der Waals surface area contributed by atoms with Crippen molar-refractivity contribution in [2.24, 2.45) is 5.92 Å². The number of aliphatic hydroxyl groups excluding tert-OH is 1. The number of aliphatic carboxylic acids is 4. The smallest absolute Gasteiger partial charge is 0.326 e. The number of hydrogen-bond donors (Lipinski definition) is 10. The average molecular weight is 1180 g/mol. The van der Waals surface area contributed by atoms with Crippen molar-refractivity contribution in [1.82, 2.24) is 26.6 Å². The summed E-state index contributed by atoms with van der Waals surface area (Å²) < 4.78 is 20.7. The first-order valence-electron chi connectivity index (χ1n) is 29.5. The Balaban J connectivity index is 0. The van der Waals surface area contributed by atoms with Crippen molar-refractivity contribution in [3.63, 3.8) is 0 Å². The van der Waals surface area contributed by atoms with E-state index in [0.717, 1.165) is 44.9 Å². The average Bonchev–Trinajstić information content (AvgIpc) is 3.44. The molecule has 0 aliphatic carbocycles. The third-order valence-electron chi connectivity index (χ3n) is 12.9. The molecule has 25 heteroatoms. The van der Waals surface area contributed by atoms with Gasteiger partial charge in [0, 0.05) is 64.6 Å². The zero-order chi connectivity index (χ0) is 61.6. The van der Waals surface area contributed by atoms with Crippen LogP contribution in [-0.2, 0) is 71.7 Å². The number of amides is 4. The molecule has 0 aromatic rings. The Morgan fingerprint density at radius 1 is 0.415 bits per heavy atom. The molecule has 0 radical (unpaired) electrons. The highest BCUT2D eigenvalue weighted by Gasteiger charge is 2.26. The summed E-state index contributed by atoms with van der Waals surface area (Å²) in [4.78, 5) is 128. The summed E-state index contributed by atoms with van der Waals surface area (Å²) in [6.07, 6.45) is 17.8. The van der Waals surface area contributed by atoms with Crippen molar-refractivity contribution in [2.45, 2.75) is 212 Å². The molecule has 0 rings (SSSR count). The van der Waals surface area contributed by atoms with Crippen LogP contribution in [0.25, 0.3) is 0 Å². The predicted molar refractivity (Wildman–Crippen MR) is 303 cm³/mol. The van der Waals surface area contributed by atoms with Gasteiger partial charge in [0.05, 0.1) is 45.0 Å². The van der Waals surface area contributed by atoms with Crippen LogP contribution in [0, 0.1) is 5.92 Å². The van der Waals surface area contributed by atoms with Gasteiger partial charge < -0.3 is 71.1 Å². The van der Waals surface area contributed by atoms with E-state index in [1.165, 1.54) is 44.9 Å². The SMILES string of the molecule is CCCC(=O)COCCOCCNC(=O)CC[C@H](NC(=O)CCCCCCCCCCCCCCCCC(=O)O)C(=O)O.CCOCCOCC(=O)N[C@@H](CCC(=O)C[C@@H](CCC(=O)NCCCCC(NC)C(=O)CO)C(=O)O)C(=O)O. The molecule has 0 fully saturated rings. The molecule has 0 heterocycles. The van der Waals surface area contributed by atoms with Crippen LogP contribution in [-0.4, -0.2) is 188 Å². The molecule has 0 saturated heterocycles. The van der Waals surface area contributed by atoms with Gasteiger partial charge in [-0.2, -0.15) is 0 Å². The normalized spacial score (nSPS) is 12.4. The molecule has 82 heavy (non-hydrogen) atoms. The molecule has 4 amide bonds. The number of unbranched alkanes of at least 4 members (excludes halogenated alkanes) is 14. The summed E-state index contributed by atoms with van der Waals surface area (Å²) in [7, 11) is 1.62. The summed E-state index contributed by atoms with van der Waals surface area (Å²) in [6, 6.07) is -2.89. The number of aliphatic hydroxyl groups is 1. The van der Waals surface area contributed by atoms with E-state index >= 15 is 0 Å². The Bertz CT molecular complexity index is 1810. The fraction of sp³-hybridized carbons (Fsp3) is 0.807. The quantitative estimate of drug-likeness (QED) is 0.0376. The van der Waals surface area contributed by atoms with Gasteiger partial charge in [0.1, 0.15) is 37.7 Å². The third kappa shape index (κ3) is 50.3. The first-order valence-corrected chi connectivity index (χ1v) is 29.5. The summed E-state index contributed by atoms with van der Waals surface area (Å²) >= 11 is 0. The van der Waals surface area contributed by atoms with Crippen molar-refractivity contribution >= 4 is 64.9 Å². The molecule has 0 bridgehead atoms. The van der Waals surface area contributed by atoms with Crippen molar-refractivity contribution in [2.75, 3.05) is 79.6 Å². The van der Waals surface area contributed by atoms with E-state index in [0.29, 0.717) is 65.1 Å². The number of nitrogens with one attached hydrogen (secondary N) is 5. The number of rotatable bonds is 57. The molecule has 0 saturated carbocycles. The lowest BCUT2D eigenvalue weighted by molar-refractivity contribution is -0.145. The minimum absolute atomic E-state index is 0.0141. The molecular formula is C57H101N5O20. The molecule has 4 atom stereocenters. The summed E-state index contributed by atoms with van der Waals surface area (Å²) in [5.74, 6) is -7.94. The van der Waals surface area contributed by atoms with E-state index < -0.39 is 66.2 Å². The Morgan fingerprint density at radius 2 is 0.902 bits per heavy atom. The zero-order valence-electron chi connectivity index (χ0n) is 49.2. The molecule has 1 unspecified atom stereocenters. The number of ether oxygens (including phenoxy) is 4. The van der Waals surface area contributed by atoms with Crippen LogP contribution in [0.5, 0.6) is 0 Å². The number of likely N-dealkylation sites (N-methyl/N-ethyl adjacent to an activating group) is 1. The predicted octanol–water partition coefficient (Wildman–Crippen LogP) is 4.45. The zero-order valence-corrected chi connectivity index (χ0v) is 49.2. The maximum atomic E-state index is 12.3. The van der Waals surface area contributed by atoms with Crippen LogP contribution in [0.1, 0.15) is 194 Å². The lowest BCUT2D eigenvalue weighted by Crippen LogP contribution is -2.42. The number of carbonyl (C=O) groups is 11. The van der Waals surface area contributed by atoms with Gasteiger partial charge in [0.15, 0.2) is 11.6 Å². The third-order valence-corrected chi connectivity index (χ3v) is 12.9. The minimum Gasteiger partial charge on any atom is -0.481 e. The monoisotopic (exact) mass is 1180 g/mol. The second-order valence-corrected chi connectivity index (χ2v) is 20.0. The lowest BCUT2D eigenvalue weighted by atomic mass is 9.94. The highest BCUT2D eigenvalue weighted by Crippen LogP contribution is 2.16. The van der Waals surface area contributed by atoms with Gasteiger partial charge in [0.2, 0.25) is 23.6 Å². The van der Waals surface area contributed by atoms with Gasteiger partial charge in [-0.1, -0.05) is 84.0 Å². The molecule has 474 valence electrons. The van der Waals surface area contributed by atoms with Crippen LogP contribution in [0.2, 0.25) is 0 Å². The van der Waals surface area contributed by atoms with E-state index in [2.05, 4.69) is 26.6 Å². The molecule has 0 aromatic carbocycles. The standard InChI is InChI=1S/C32H58N2O9.C25H43N3O11/c1-2-17-27(35)26-43-25-24-42-23-22-33-29(36)21-20-28(32(40)41)34-30(37)18-15-13-11-9-7-5-3-4-6-8-10-12-14-16-19-31(38)39;1-3-38-12-13-39-16-23(33)28-20(25(36)37)9-8-18(30)14-17(24(34)35)7-10-22(32)27-11-5-4-6-19(26-2)21(31)15-29/h28H,2-26H2,1H3,(H,33,36)(H,34,37)(H,38,39)(H,40,41);17,19-20,26,29H,3-16H2,1-2H3,(H,27,32)(H,28,33)(H,34,35)(H,36,37)/t28-;17-,19?,20+/m01/s1. The molecule has 0 aliphatic rings. The topological polar surface area (TPSA) is 386 Å². The van der Waals surface area contributed by atoms with Gasteiger partial charge in [0.25, 0.3) is 0 Å². The van der Waals surface area contributed by atoms with Crippen LogP contribution in [0.15, 0.2) is 0 Å². The maximum Gasteiger partial charge on any atom is 0.326 e. The molecule has 0 spiro atoms. The van der Waals surface area contributed by atoms with Crippen molar-refractivity contribution < 1.29 is 97.2 Å². The van der Waals surface area contributed by atoms with E-state index in [1.807, 2.05) is 6.92 Å². The number of carbonyl (C=O) groups excluding carboxylic acids is 7. The van der Waals surface area contributed by atoms with Crippen LogP contribution in [0.3, 0.4) is 0 Å². The lowest BCUT2D eigenvalue weighted by Gasteiger charge is -2.15. The first-order chi connectivity index (χ1) is 39.3. The second-order valence-electron chi connectivity index (χ2n) is 20.0. The van der Waals surface area contributed by atoms with Crippen LogP contribution >= 0.6 is 0 Å². The van der Waals surface area contributed by atoms with Crippen molar-refractivity contribution in [3.05, 3.63) is 0 Å². The van der Waals surface area contributed by atoms with Crippen LogP contribution in [0.4, 0.5) is 0 Å². The van der Waals surface area contributed by atoms with Gasteiger partial charge in [-0.3, -0.25) is 43.2 Å². The Kier molecular flexibility index (Phi) is 52.5. The Hall–Kier alpha value is -5.47. The number of ketones is 3. The molecule has 0 aliphatic heterocycles. The van der Waals surface area contributed by atoms with E-state index in [-0.39, 0.29) is 120 Å². The first kappa shape index (κ1) is 78.6. The number of hydrogen-bond acceptors (Lipinski definition) is 17. The summed E-state index contributed by atoms with van der Waals surface area (Å²) in [5, 5.41) is 58.6. The van der Waals surface area contributed by atoms with Crippen molar-refractivity contribution in [3.8, 4) is 0 Å². The van der Waals surface area contributed by atoms with Gasteiger partial charge in [-0.05, 0) is 71.8 Å². The molecular weight excluding hydrogens is 1070 g/mol. The maximum absolute atomic E-state index is 12.3. The summed E-state index contributed by atoms with van der Waals surface area (Å²) in [5.41, 5.74) is 0. The van der Waals surface area contributed by atoms with Crippen molar-refractivity contribution in [1.29, 1.82) is 0 Å². The number of carboxylic acid groups (broad SMARTS) is 4. The summed E-state index contributed by atoms with van der Waals surface area (Å²) in [6.45, 7) is 5.35. The number of carboxylic acids is 4. The highest BCUT2D eigenvalue weighted by atomic mass is 16.5. The largest absolute Gasteiger partial charge is 0.481 e.